The van der Waals surface area contributed by atoms with Crippen molar-refractivity contribution in [2.45, 2.75) is 39.7 Å². The van der Waals surface area contributed by atoms with Crippen LogP contribution in [-0.4, -0.2) is 35.8 Å². The number of nitrogens with zero attached hydrogens (tertiary/aromatic N) is 1. The number of hydrogen-bond donors (Lipinski definition) is 1. The van der Waals surface area contributed by atoms with E-state index in [2.05, 4.69) is 12.2 Å². The molecule has 2 amide bonds. The number of nitrogens with one attached hydrogen (secondary N) is 1. The van der Waals surface area contributed by atoms with Gasteiger partial charge in [0, 0.05) is 25.6 Å². The van der Waals surface area contributed by atoms with E-state index in [1.54, 1.807) is 0 Å². The first-order valence-corrected chi connectivity index (χ1v) is 5.67. The summed E-state index contributed by atoms with van der Waals surface area (Å²) in [6.45, 7) is 7.18. The molecule has 0 aromatic rings. The molecule has 0 aromatic heterocycles. The number of hydrogen-bond acceptors (Lipinski definition) is 2. The van der Waals surface area contributed by atoms with E-state index < -0.39 is 0 Å². The predicted molar refractivity (Wildman–Crippen MR) is 58.3 cm³/mol. The van der Waals surface area contributed by atoms with Crippen molar-refractivity contribution in [3.63, 3.8) is 0 Å². The molecule has 1 fully saturated rings. The monoisotopic (exact) mass is 212 g/mol. The minimum Gasteiger partial charge on any atom is -0.356 e. The van der Waals surface area contributed by atoms with E-state index in [-0.39, 0.29) is 23.8 Å². The van der Waals surface area contributed by atoms with Crippen LogP contribution in [0.3, 0.4) is 0 Å². The second kappa shape index (κ2) is 5.14. The highest BCUT2D eigenvalue weighted by atomic mass is 16.2. The Morgan fingerprint density at radius 2 is 2.27 bits per heavy atom. The highest BCUT2D eigenvalue weighted by Gasteiger charge is 2.35. The summed E-state index contributed by atoms with van der Waals surface area (Å²) >= 11 is 0. The van der Waals surface area contributed by atoms with Crippen molar-refractivity contribution in [1.29, 1.82) is 0 Å². The van der Waals surface area contributed by atoms with Crippen LogP contribution in [0.1, 0.15) is 33.6 Å². The van der Waals surface area contributed by atoms with E-state index >= 15 is 0 Å². The second-order valence-corrected chi connectivity index (χ2v) is 4.10. The Morgan fingerprint density at radius 1 is 1.60 bits per heavy atom. The van der Waals surface area contributed by atoms with Gasteiger partial charge in [-0.15, -0.1) is 0 Å². The summed E-state index contributed by atoms with van der Waals surface area (Å²) in [4.78, 5) is 25.0. The molecule has 86 valence electrons. The molecule has 15 heavy (non-hydrogen) atoms. The van der Waals surface area contributed by atoms with Crippen LogP contribution in [0.25, 0.3) is 0 Å². The number of carbonyl (C=O) groups is 2. The molecule has 0 aliphatic carbocycles. The Labute approximate surface area is 91.0 Å². The molecular weight excluding hydrogens is 192 g/mol. The summed E-state index contributed by atoms with van der Waals surface area (Å²) in [5, 5.41) is 2.77. The van der Waals surface area contributed by atoms with Gasteiger partial charge in [0.05, 0.1) is 5.92 Å². The summed E-state index contributed by atoms with van der Waals surface area (Å²) in [5.41, 5.74) is 0. The lowest BCUT2D eigenvalue weighted by Crippen LogP contribution is -2.36. The van der Waals surface area contributed by atoms with Gasteiger partial charge in [-0.25, -0.2) is 0 Å². The second-order valence-electron chi connectivity index (χ2n) is 4.10. The molecule has 1 saturated heterocycles. The van der Waals surface area contributed by atoms with Crippen LogP contribution in [0.5, 0.6) is 0 Å². The molecule has 4 nitrogen and oxygen atoms in total. The van der Waals surface area contributed by atoms with E-state index in [9.17, 15) is 9.59 Å². The maximum Gasteiger partial charge on any atom is 0.225 e. The smallest absolute Gasteiger partial charge is 0.225 e. The Bertz CT molecular complexity index is 253. The van der Waals surface area contributed by atoms with Crippen LogP contribution in [0, 0.1) is 5.92 Å². The summed E-state index contributed by atoms with van der Waals surface area (Å²) in [5.74, 6) is -0.0243. The van der Waals surface area contributed by atoms with Crippen molar-refractivity contribution >= 4 is 11.8 Å². The first-order chi connectivity index (χ1) is 7.10. The zero-order valence-corrected chi connectivity index (χ0v) is 9.75. The first kappa shape index (κ1) is 12.0. The number of carbonyl (C=O) groups excluding carboxylic acids is 2. The third-order valence-electron chi connectivity index (χ3n) is 3.00. The lowest BCUT2D eigenvalue weighted by molar-refractivity contribution is -0.130. The lowest BCUT2D eigenvalue weighted by atomic mass is 10.1. The van der Waals surface area contributed by atoms with Crippen molar-refractivity contribution < 1.29 is 9.59 Å². The molecule has 2 unspecified atom stereocenters. The predicted octanol–water partition coefficient (Wildman–Crippen LogP) is 0.769. The maximum absolute atomic E-state index is 11.6. The summed E-state index contributed by atoms with van der Waals surface area (Å²) in [6.07, 6.45) is 1.31. The number of likely N-dealkylation sites (tertiary alicyclic amines) is 1. The summed E-state index contributed by atoms with van der Waals surface area (Å²) in [6, 6.07) is 0.247. The largest absolute Gasteiger partial charge is 0.356 e. The highest BCUT2D eigenvalue weighted by molar-refractivity contribution is 5.89. The van der Waals surface area contributed by atoms with E-state index in [1.807, 2.05) is 18.7 Å². The van der Waals surface area contributed by atoms with E-state index in [0.29, 0.717) is 19.5 Å². The average Bonchev–Trinajstić information content (AvgIpc) is 2.60. The Balaban J connectivity index is 2.55. The van der Waals surface area contributed by atoms with Gasteiger partial charge >= 0.3 is 0 Å². The van der Waals surface area contributed by atoms with Crippen LogP contribution >= 0.6 is 0 Å². The van der Waals surface area contributed by atoms with Crippen molar-refractivity contribution in [3.8, 4) is 0 Å². The SMILES string of the molecule is CCNC(=O)C1CC(=O)N(C(C)CC)C1. The molecule has 0 spiro atoms. The van der Waals surface area contributed by atoms with Crippen LogP contribution in [0.2, 0.25) is 0 Å². The molecule has 1 aliphatic heterocycles. The molecule has 4 heteroatoms. The quantitative estimate of drug-likeness (QED) is 0.748. The fourth-order valence-corrected chi connectivity index (χ4v) is 1.87. The van der Waals surface area contributed by atoms with Gasteiger partial charge in [0.15, 0.2) is 0 Å². The van der Waals surface area contributed by atoms with Crippen LogP contribution < -0.4 is 5.32 Å². The van der Waals surface area contributed by atoms with E-state index in [4.69, 9.17) is 0 Å². The van der Waals surface area contributed by atoms with E-state index in [0.717, 1.165) is 6.42 Å². The Kier molecular flexibility index (Phi) is 4.12. The van der Waals surface area contributed by atoms with Gasteiger partial charge in [0.2, 0.25) is 11.8 Å². The standard InChI is InChI=1S/C11H20N2O2/c1-4-8(3)13-7-9(6-10(13)14)11(15)12-5-2/h8-9H,4-7H2,1-3H3,(H,12,15). The molecule has 0 aromatic carbocycles. The van der Waals surface area contributed by atoms with Gasteiger partial charge < -0.3 is 10.2 Å². The van der Waals surface area contributed by atoms with Crippen LogP contribution in [-0.2, 0) is 9.59 Å². The van der Waals surface area contributed by atoms with Gasteiger partial charge in [-0.2, -0.15) is 0 Å². The first-order valence-electron chi connectivity index (χ1n) is 5.67. The van der Waals surface area contributed by atoms with Crippen molar-refractivity contribution in [1.82, 2.24) is 10.2 Å². The van der Waals surface area contributed by atoms with Gasteiger partial charge in [-0.1, -0.05) is 6.92 Å². The minimum absolute atomic E-state index is 0.0108. The van der Waals surface area contributed by atoms with E-state index in [1.165, 1.54) is 0 Å². The lowest BCUT2D eigenvalue weighted by Gasteiger charge is -2.23. The molecule has 0 bridgehead atoms. The topological polar surface area (TPSA) is 49.4 Å². The maximum atomic E-state index is 11.6. The molecule has 0 radical (unpaired) electrons. The summed E-state index contributed by atoms with van der Waals surface area (Å²) < 4.78 is 0. The minimum atomic E-state index is -0.147. The van der Waals surface area contributed by atoms with Crippen LogP contribution in [0.4, 0.5) is 0 Å². The van der Waals surface area contributed by atoms with Crippen LogP contribution in [0.15, 0.2) is 0 Å². The van der Waals surface area contributed by atoms with Crippen molar-refractivity contribution in [2.24, 2.45) is 5.92 Å². The normalized spacial score (nSPS) is 23.0. The highest BCUT2D eigenvalue weighted by Crippen LogP contribution is 2.21. The molecule has 2 atom stereocenters. The third kappa shape index (κ3) is 2.70. The van der Waals surface area contributed by atoms with Gasteiger partial charge in [0.1, 0.15) is 0 Å². The van der Waals surface area contributed by atoms with Gasteiger partial charge in [0.25, 0.3) is 0 Å². The number of amides is 2. The van der Waals surface area contributed by atoms with Crippen molar-refractivity contribution in [3.05, 3.63) is 0 Å². The zero-order chi connectivity index (χ0) is 11.4. The molecule has 0 saturated carbocycles. The molecule has 1 aliphatic rings. The third-order valence-corrected chi connectivity index (χ3v) is 3.00. The molecule has 1 heterocycles. The Morgan fingerprint density at radius 3 is 2.80 bits per heavy atom. The fraction of sp³-hybridized carbons (Fsp3) is 0.818. The molecule has 1 N–H and O–H groups in total. The Hall–Kier alpha value is -1.06. The van der Waals surface area contributed by atoms with Crippen molar-refractivity contribution in [2.75, 3.05) is 13.1 Å². The average molecular weight is 212 g/mol. The van der Waals surface area contributed by atoms with Gasteiger partial charge in [-0.3, -0.25) is 9.59 Å². The molecular formula is C11H20N2O2. The van der Waals surface area contributed by atoms with Gasteiger partial charge in [-0.05, 0) is 20.3 Å². The molecule has 1 rings (SSSR count). The summed E-state index contributed by atoms with van der Waals surface area (Å²) in [7, 11) is 0. The fourth-order valence-electron chi connectivity index (χ4n) is 1.87. The number of rotatable bonds is 4. The zero-order valence-electron chi connectivity index (χ0n) is 9.75.